The molecule has 0 saturated heterocycles. The van der Waals surface area contributed by atoms with Gasteiger partial charge in [0, 0.05) is 18.7 Å². The average Bonchev–Trinajstić information content (AvgIpc) is 2.01. The predicted molar refractivity (Wildman–Crippen MR) is 62.1 cm³/mol. The molecule has 0 aromatic rings. The second-order valence-electron chi connectivity index (χ2n) is 4.06. The van der Waals surface area contributed by atoms with E-state index in [1.54, 1.807) is 0 Å². The van der Waals surface area contributed by atoms with Gasteiger partial charge in [-0.15, -0.1) is 0 Å². The van der Waals surface area contributed by atoms with Crippen LogP contribution >= 0.6 is 7.14 Å². The Hall–Kier alpha value is -0.410. The molecule has 1 atom stereocenters. The zero-order valence-corrected chi connectivity index (χ0v) is 10.6. The number of rotatable bonds is 5. The maximum atomic E-state index is 11.9. The van der Waals surface area contributed by atoms with Crippen LogP contribution in [0.4, 0.5) is 0 Å². The summed E-state index contributed by atoms with van der Waals surface area (Å²) in [4.78, 5) is 0. The van der Waals surface area contributed by atoms with Gasteiger partial charge in [0.25, 0.3) is 0 Å². The third-order valence-electron chi connectivity index (χ3n) is 1.75. The standard InChI is InChI=1S/C11H21O2P/c1-5-13-8-6-7-9-14(4,12)10-11(2)3/h11H,5,7,9-10H2,1-4H3. The van der Waals surface area contributed by atoms with E-state index in [4.69, 9.17) is 4.74 Å². The maximum Gasteiger partial charge on any atom is 0.110 e. The molecule has 0 aromatic heterocycles. The highest BCUT2D eigenvalue weighted by atomic mass is 31.2. The van der Waals surface area contributed by atoms with Gasteiger partial charge >= 0.3 is 0 Å². The molecule has 1 unspecified atom stereocenters. The lowest BCUT2D eigenvalue weighted by atomic mass is 10.3. The molecule has 3 heteroatoms. The Kier molecular flexibility index (Phi) is 6.75. The number of ether oxygens (including phenoxy) is 1. The van der Waals surface area contributed by atoms with E-state index in [1.165, 1.54) is 0 Å². The van der Waals surface area contributed by atoms with Crippen LogP contribution in [-0.4, -0.2) is 25.6 Å². The van der Waals surface area contributed by atoms with Gasteiger partial charge in [-0.25, -0.2) is 0 Å². The molecule has 0 amide bonds. The summed E-state index contributed by atoms with van der Waals surface area (Å²) in [7, 11) is -1.96. The van der Waals surface area contributed by atoms with Gasteiger partial charge in [0.05, 0.1) is 13.7 Å². The van der Waals surface area contributed by atoms with Crippen LogP contribution in [0, 0.1) is 17.9 Å². The van der Waals surface area contributed by atoms with E-state index >= 15 is 0 Å². The van der Waals surface area contributed by atoms with E-state index in [0.29, 0.717) is 25.1 Å². The zero-order chi connectivity index (χ0) is 11.0. The number of hydrogen-bond donors (Lipinski definition) is 0. The van der Waals surface area contributed by atoms with Crippen molar-refractivity contribution in [3.05, 3.63) is 0 Å². The second-order valence-corrected chi connectivity index (χ2v) is 7.46. The first-order chi connectivity index (χ1) is 6.48. The van der Waals surface area contributed by atoms with Gasteiger partial charge in [-0.05, 0) is 19.5 Å². The topological polar surface area (TPSA) is 26.3 Å². The fourth-order valence-corrected chi connectivity index (χ4v) is 3.64. The van der Waals surface area contributed by atoms with Gasteiger partial charge in [0.1, 0.15) is 6.11 Å². The van der Waals surface area contributed by atoms with Crippen molar-refractivity contribution >= 4 is 7.14 Å². The summed E-state index contributed by atoms with van der Waals surface area (Å²) in [6.07, 6.45) is 4.81. The largest absolute Gasteiger partial charge is 0.447 e. The molecule has 0 radical (unpaired) electrons. The van der Waals surface area contributed by atoms with Crippen LogP contribution < -0.4 is 0 Å². The Morgan fingerprint density at radius 1 is 1.43 bits per heavy atom. The second kappa shape index (κ2) is 6.96. The van der Waals surface area contributed by atoms with Crippen molar-refractivity contribution in [1.29, 1.82) is 0 Å². The number of hydrogen-bond acceptors (Lipinski definition) is 2. The van der Waals surface area contributed by atoms with E-state index in [-0.39, 0.29) is 0 Å². The van der Waals surface area contributed by atoms with Gasteiger partial charge in [-0.1, -0.05) is 19.8 Å². The van der Waals surface area contributed by atoms with Crippen LogP contribution in [0.5, 0.6) is 0 Å². The molecule has 0 saturated carbocycles. The Labute approximate surface area is 87.8 Å². The molecule has 0 rings (SSSR count). The molecular formula is C11H21O2P. The van der Waals surface area contributed by atoms with Crippen molar-refractivity contribution in [2.45, 2.75) is 27.2 Å². The molecule has 2 nitrogen and oxygen atoms in total. The molecule has 0 heterocycles. The predicted octanol–water partition coefficient (Wildman–Crippen LogP) is 3.02. The smallest absolute Gasteiger partial charge is 0.110 e. The van der Waals surface area contributed by atoms with Gasteiger partial charge < -0.3 is 9.30 Å². The molecule has 0 aromatic carbocycles. The lowest BCUT2D eigenvalue weighted by Gasteiger charge is -2.13. The summed E-state index contributed by atoms with van der Waals surface area (Å²) in [5.41, 5.74) is 0. The minimum Gasteiger partial charge on any atom is -0.447 e. The van der Waals surface area contributed by atoms with E-state index in [1.807, 2.05) is 13.6 Å². The Balaban J connectivity index is 3.78. The Morgan fingerprint density at radius 3 is 2.57 bits per heavy atom. The van der Waals surface area contributed by atoms with Gasteiger partial charge in [0.15, 0.2) is 0 Å². The first-order valence-corrected chi connectivity index (χ1v) is 7.65. The summed E-state index contributed by atoms with van der Waals surface area (Å²) in [6, 6.07) is 0. The van der Waals surface area contributed by atoms with Crippen molar-refractivity contribution in [2.75, 3.05) is 25.6 Å². The van der Waals surface area contributed by atoms with Gasteiger partial charge in [0.2, 0.25) is 0 Å². The zero-order valence-electron chi connectivity index (χ0n) is 9.67. The molecule has 0 aliphatic rings. The molecule has 0 aliphatic carbocycles. The third kappa shape index (κ3) is 8.20. The van der Waals surface area contributed by atoms with Crippen molar-refractivity contribution in [1.82, 2.24) is 0 Å². The highest BCUT2D eigenvalue weighted by Gasteiger charge is 2.15. The molecule has 0 spiro atoms. The minimum atomic E-state index is -1.96. The first kappa shape index (κ1) is 13.6. The molecular weight excluding hydrogens is 195 g/mol. The summed E-state index contributed by atoms with van der Waals surface area (Å²) < 4.78 is 16.8. The molecule has 82 valence electrons. The summed E-state index contributed by atoms with van der Waals surface area (Å²) in [5.74, 6) is 3.38. The van der Waals surface area contributed by atoms with Crippen LogP contribution in [0.1, 0.15) is 27.2 Å². The van der Waals surface area contributed by atoms with Crippen LogP contribution in [0.3, 0.4) is 0 Å². The SMILES string of the molecule is CCOC#CCCP(C)(=O)CC(C)C. The first-order valence-electron chi connectivity index (χ1n) is 5.13. The average molecular weight is 216 g/mol. The van der Waals surface area contributed by atoms with Gasteiger partial charge in [-0.3, -0.25) is 0 Å². The lowest BCUT2D eigenvalue weighted by molar-refractivity contribution is 0.298. The lowest BCUT2D eigenvalue weighted by Crippen LogP contribution is -2.00. The summed E-state index contributed by atoms with van der Waals surface area (Å²) in [6.45, 7) is 8.58. The van der Waals surface area contributed by atoms with Crippen molar-refractivity contribution in [3.63, 3.8) is 0 Å². The molecule has 0 aliphatic heterocycles. The summed E-state index contributed by atoms with van der Waals surface area (Å²) >= 11 is 0. The monoisotopic (exact) mass is 216 g/mol. The highest BCUT2D eigenvalue weighted by Crippen LogP contribution is 2.43. The minimum absolute atomic E-state index is 0.505. The van der Waals surface area contributed by atoms with Crippen LogP contribution in [0.2, 0.25) is 0 Å². The quantitative estimate of drug-likeness (QED) is 0.521. The fraction of sp³-hybridized carbons (Fsp3) is 0.818. The van der Waals surface area contributed by atoms with E-state index in [2.05, 4.69) is 25.9 Å². The van der Waals surface area contributed by atoms with Crippen molar-refractivity contribution < 1.29 is 9.30 Å². The van der Waals surface area contributed by atoms with E-state index in [9.17, 15) is 4.57 Å². The normalized spacial score (nSPS) is 14.4. The van der Waals surface area contributed by atoms with Crippen LogP contribution in [0.25, 0.3) is 0 Å². The Morgan fingerprint density at radius 2 is 2.07 bits per heavy atom. The van der Waals surface area contributed by atoms with Gasteiger partial charge in [-0.2, -0.15) is 0 Å². The van der Waals surface area contributed by atoms with Crippen molar-refractivity contribution in [2.24, 2.45) is 5.92 Å². The van der Waals surface area contributed by atoms with Crippen molar-refractivity contribution in [3.8, 4) is 12.0 Å². The van der Waals surface area contributed by atoms with E-state index < -0.39 is 7.14 Å². The summed E-state index contributed by atoms with van der Waals surface area (Å²) in [5, 5.41) is 0. The van der Waals surface area contributed by atoms with E-state index in [0.717, 1.165) is 6.16 Å². The highest BCUT2D eigenvalue weighted by molar-refractivity contribution is 7.63. The molecule has 0 N–H and O–H groups in total. The fourth-order valence-electron chi connectivity index (χ4n) is 1.33. The molecule has 0 fully saturated rings. The van der Waals surface area contributed by atoms with Crippen LogP contribution in [0.15, 0.2) is 0 Å². The molecule has 0 bridgehead atoms. The van der Waals surface area contributed by atoms with Crippen LogP contribution in [-0.2, 0) is 9.30 Å². The maximum absolute atomic E-state index is 11.9. The third-order valence-corrected chi connectivity index (χ3v) is 4.42. The molecule has 14 heavy (non-hydrogen) atoms. The Bertz CT molecular complexity index is 248.